The number of aliphatic hydroxyl groups excluding tert-OH is 1. The molecule has 0 radical (unpaired) electrons. The molecule has 12 nitrogen and oxygen atoms in total. The molecule has 0 bridgehead atoms. The van der Waals surface area contributed by atoms with Crippen molar-refractivity contribution in [2.24, 2.45) is 17.4 Å². The molecule has 218 valence electrons. The van der Waals surface area contributed by atoms with Crippen molar-refractivity contribution in [1.29, 1.82) is 0 Å². The maximum absolute atomic E-state index is 12.9. The first-order valence-electron chi connectivity index (χ1n) is 13.9. The summed E-state index contributed by atoms with van der Waals surface area (Å²) in [6.45, 7) is 8.72. The first-order valence-corrected chi connectivity index (χ1v) is 13.9. The van der Waals surface area contributed by atoms with Gasteiger partial charge in [-0.1, -0.05) is 12.1 Å². The van der Waals surface area contributed by atoms with Crippen LogP contribution in [0.25, 0.3) is 5.69 Å². The van der Waals surface area contributed by atoms with Crippen molar-refractivity contribution >= 4 is 17.8 Å². The third-order valence-corrected chi connectivity index (χ3v) is 8.03. The number of hydrogen-bond acceptors (Lipinski definition) is 8. The molecular formula is C28H42N8O4. The number of piperazine rings is 1. The number of rotatable bonds is 7. The summed E-state index contributed by atoms with van der Waals surface area (Å²) >= 11 is 0. The molecule has 2 aliphatic rings. The van der Waals surface area contributed by atoms with Crippen LogP contribution in [0.5, 0.6) is 0 Å². The molecule has 6 N–H and O–H groups in total. The predicted molar refractivity (Wildman–Crippen MR) is 153 cm³/mol. The number of urea groups is 1. The molecular weight excluding hydrogens is 512 g/mol. The van der Waals surface area contributed by atoms with Crippen molar-refractivity contribution in [2.75, 3.05) is 44.6 Å². The van der Waals surface area contributed by atoms with E-state index in [4.69, 9.17) is 11.5 Å². The highest BCUT2D eigenvalue weighted by atomic mass is 16.3. The van der Waals surface area contributed by atoms with Crippen LogP contribution >= 0.6 is 0 Å². The van der Waals surface area contributed by atoms with E-state index in [0.717, 1.165) is 32.5 Å². The largest absolute Gasteiger partial charge is 0.394 e. The molecule has 4 rings (SSSR count). The average Bonchev–Trinajstić information content (AvgIpc) is 2.93. The number of benzene rings is 1. The summed E-state index contributed by atoms with van der Waals surface area (Å²) in [5.41, 5.74) is 11.9. The second-order valence-corrected chi connectivity index (χ2v) is 11.4. The second-order valence-electron chi connectivity index (χ2n) is 11.4. The molecule has 3 atom stereocenters. The minimum Gasteiger partial charge on any atom is -0.394 e. The number of piperidine rings is 1. The van der Waals surface area contributed by atoms with Crippen LogP contribution in [0.1, 0.15) is 39.2 Å². The van der Waals surface area contributed by atoms with Gasteiger partial charge in [-0.25, -0.2) is 9.59 Å². The quantitative estimate of drug-likeness (QED) is 0.386. The summed E-state index contributed by atoms with van der Waals surface area (Å²) in [5, 5.41) is 12.1. The van der Waals surface area contributed by atoms with Crippen LogP contribution in [-0.2, 0) is 11.3 Å². The smallest absolute Gasteiger partial charge is 0.354 e. The Balaban J connectivity index is 1.33. The van der Waals surface area contributed by atoms with Crippen LogP contribution in [0.3, 0.4) is 0 Å². The van der Waals surface area contributed by atoms with Crippen LogP contribution < -0.4 is 22.5 Å². The number of nitrogens with one attached hydrogen (secondary N) is 1. The number of likely N-dealkylation sites (tertiary alicyclic amines) is 1. The Morgan fingerprint density at radius 1 is 1.15 bits per heavy atom. The molecule has 12 heteroatoms. The fourth-order valence-electron chi connectivity index (χ4n) is 5.38. The van der Waals surface area contributed by atoms with E-state index in [-0.39, 0.29) is 36.9 Å². The number of aliphatic hydroxyl groups is 1. The molecule has 0 aliphatic carbocycles. The number of anilines is 1. The zero-order chi connectivity index (χ0) is 29.0. The van der Waals surface area contributed by atoms with Gasteiger partial charge in [0.05, 0.1) is 12.3 Å². The SMILES string of the molecule is CC1CN(C(=O)C(C)(N)CO)CCN1C(=O)Nc1ccn(-c2ccc(CN3CCC([C@H](C)N)CC3)cc2)c(=O)n1. The van der Waals surface area contributed by atoms with Gasteiger partial charge in [0.25, 0.3) is 0 Å². The molecule has 3 amide bonds. The fourth-order valence-corrected chi connectivity index (χ4v) is 5.38. The van der Waals surface area contributed by atoms with Gasteiger partial charge >= 0.3 is 11.7 Å². The molecule has 2 fully saturated rings. The van der Waals surface area contributed by atoms with E-state index in [0.29, 0.717) is 18.2 Å². The molecule has 2 aliphatic heterocycles. The van der Waals surface area contributed by atoms with Crippen molar-refractivity contribution in [2.45, 2.75) is 57.8 Å². The number of amides is 3. The lowest BCUT2D eigenvalue weighted by Crippen LogP contribution is -2.62. The third kappa shape index (κ3) is 6.87. The third-order valence-electron chi connectivity index (χ3n) is 8.03. The van der Waals surface area contributed by atoms with Crippen LogP contribution in [0, 0.1) is 5.92 Å². The Kier molecular flexibility index (Phi) is 9.24. The van der Waals surface area contributed by atoms with Gasteiger partial charge in [-0.3, -0.25) is 19.6 Å². The summed E-state index contributed by atoms with van der Waals surface area (Å²) in [4.78, 5) is 47.9. The second kappa shape index (κ2) is 12.5. The fraction of sp³-hybridized carbons (Fsp3) is 0.571. The molecule has 2 aromatic rings. The van der Waals surface area contributed by atoms with Crippen LogP contribution in [0.4, 0.5) is 10.6 Å². The molecule has 1 aromatic carbocycles. The van der Waals surface area contributed by atoms with Gasteiger partial charge < -0.3 is 26.4 Å². The van der Waals surface area contributed by atoms with Gasteiger partial charge in [-0.15, -0.1) is 0 Å². The Bertz CT molecular complexity index is 1240. The summed E-state index contributed by atoms with van der Waals surface area (Å²) in [5.74, 6) is 0.385. The molecule has 1 aromatic heterocycles. The van der Waals surface area contributed by atoms with Gasteiger partial charge in [-0.05, 0) is 76.4 Å². The number of nitrogens with two attached hydrogens (primary N) is 2. The number of hydrogen-bond donors (Lipinski definition) is 4. The maximum atomic E-state index is 12.9. The van der Waals surface area contributed by atoms with E-state index in [1.54, 1.807) is 22.1 Å². The highest BCUT2D eigenvalue weighted by Crippen LogP contribution is 2.21. The van der Waals surface area contributed by atoms with Crippen molar-refractivity contribution in [3.63, 3.8) is 0 Å². The van der Waals surface area contributed by atoms with Crippen molar-refractivity contribution in [1.82, 2.24) is 24.3 Å². The van der Waals surface area contributed by atoms with E-state index in [1.807, 2.05) is 31.2 Å². The van der Waals surface area contributed by atoms with Gasteiger partial charge in [-0.2, -0.15) is 4.98 Å². The lowest BCUT2D eigenvalue weighted by molar-refractivity contribution is -0.140. The Labute approximate surface area is 234 Å². The van der Waals surface area contributed by atoms with E-state index in [9.17, 15) is 19.5 Å². The highest BCUT2D eigenvalue weighted by molar-refractivity contribution is 5.89. The monoisotopic (exact) mass is 554 g/mol. The summed E-state index contributed by atoms with van der Waals surface area (Å²) < 4.78 is 1.44. The lowest BCUT2D eigenvalue weighted by atomic mass is 9.91. The molecule has 0 spiro atoms. The summed E-state index contributed by atoms with van der Waals surface area (Å²) in [6, 6.07) is 8.97. The standard InChI is InChI=1S/C28H42N8O4/c1-19-16-34(25(38)28(3,30)18-37)14-15-35(19)26(39)31-24-10-13-36(27(40)32-24)23-6-4-21(5-7-23)17-33-11-8-22(9-12-33)20(2)29/h4-7,10,13,19-20,22,37H,8-9,11-12,14-18,29-30H2,1-3H3,(H,31,32,39,40)/t19?,20-,28?/m0/s1. The van der Waals surface area contributed by atoms with Crippen LogP contribution in [-0.4, -0.2) is 98.2 Å². The normalized spacial score (nSPS) is 21.1. The molecule has 2 saturated heterocycles. The molecule has 2 unspecified atom stereocenters. The maximum Gasteiger partial charge on any atom is 0.354 e. The van der Waals surface area contributed by atoms with Crippen molar-refractivity contribution in [3.8, 4) is 5.69 Å². The van der Waals surface area contributed by atoms with Crippen LogP contribution in [0.15, 0.2) is 41.3 Å². The molecule has 40 heavy (non-hydrogen) atoms. The van der Waals surface area contributed by atoms with Gasteiger partial charge in [0, 0.05) is 44.5 Å². The van der Waals surface area contributed by atoms with E-state index in [1.165, 1.54) is 17.1 Å². The zero-order valence-electron chi connectivity index (χ0n) is 23.6. The Hall–Kier alpha value is -3.32. The van der Waals surface area contributed by atoms with Gasteiger partial charge in [0.15, 0.2) is 0 Å². The van der Waals surface area contributed by atoms with Gasteiger partial charge in [0.2, 0.25) is 5.91 Å². The first-order chi connectivity index (χ1) is 19.0. The minimum absolute atomic E-state index is 0.151. The molecule has 3 heterocycles. The van der Waals surface area contributed by atoms with Crippen molar-refractivity contribution < 1.29 is 14.7 Å². The lowest BCUT2D eigenvalue weighted by Gasteiger charge is -2.41. The van der Waals surface area contributed by atoms with Crippen LogP contribution in [0.2, 0.25) is 0 Å². The molecule has 0 saturated carbocycles. The van der Waals surface area contributed by atoms with E-state index >= 15 is 0 Å². The van der Waals surface area contributed by atoms with E-state index < -0.39 is 23.9 Å². The van der Waals surface area contributed by atoms with E-state index in [2.05, 4.69) is 22.1 Å². The predicted octanol–water partition coefficient (Wildman–Crippen LogP) is 0.566. The number of carbonyl (C=O) groups is 2. The number of nitrogens with zero attached hydrogens (tertiary/aromatic N) is 5. The summed E-state index contributed by atoms with van der Waals surface area (Å²) in [6.07, 6.45) is 3.83. The number of carbonyl (C=O) groups excluding carboxylic acids is 2. The Morgan fingerprint density at radius 2 is 1.82 bits per heavy atom. The highest BCUT2D eigenvalue weighted by Gasteiger charge is 2.37. The topological polar surface area (TPSA) is 163 Å². The minimum atomic E-state index is -1.36. The first kappa shape index (κ1) is 29.7. The number of aromatic nitrogens is 2. The van der Waals surface area contributed by atoms with Gasteiger partial charge in [0.1, 0.15) is 11.4 Å². The average molecular weight is 555 g/mol. The Morgan fingerprint density at radius 3 is 2.40 bits per heavy atom. The van der Waals surface area contributed by atoms with Crippen molar-refractivity contribution in [3.05, 3.63) is 52.6 Å². The zero-order valence-corrected chi connectivity index (χ0v) is 23.6. The summed E-state index contributed by atoms with van der Waals surface area (Å²) in [7, 11) is 0.